The molecule has 18 heavy (non-hydrogen) atoms. The first-order valence-corrected chi connectivity index (χ1v) is 7.60. The zero-order valence-corrected chi connectivity index (χ0v) is 11.7. The average Bonchev–Trinajstić information content (AvgIpc) is 2.71. The summed E-state index contributed by atoms with van der Waals surface area (Å²) < 4.78 is 39.1. The van der Waals surface area contributed by atoms with Crippen LogP contribution in [0.15, 0.2) is 34.5 Å². The number of halogens is 2. The number of benzene rings is 1. The Bertz CT molecular complexity index is 682. The number of hydrogen-bond acceptors (Lipinski definition) is 3. The van der Waals surface area contributed by atoms with Gasteiger partial charge in [-0.15, -0.1) is 0 Å². The van der Waals surface area contributed by atoms with E-state index < -0.39 is 15.2 Å². The second kappa shape index (κ2) is 4.87. The van der Waals surface area contributed by atoms with Crippen LogP contribution < -0.4 is 4.72 Å². The fraction of sp³-hybridized carbons (Fsp3) is 0.0909. The number of aryl methyl sites for hydroxylation is 1. The maximum atomic E-state index is 12.8. The van der Waals surface area contributed by atoms with Gasteiger partial charge in [0, 0.05) is 5.02 Å². The van der Waals surface area contributed by atoms with Gasteiger partial charge in [0.2, 0.25) is 0 Å². The van der Waals surface area contributed by atoms with E-state index in [2.05, 4.69) is 4.72 Å². The molecule has 0 unspecified atom stereocenters. The Kier molecular flexibility index (Phi) is 3.61. The van der Waals surface area contributed by atoms with Crippen LogP contribution in [0.3, 0.4) is 0 Å². The van der Waals surface area contributed by atoms with E-state index in [4.69, 9.17) is 11.6 Å². The third-order valence-corrected chi connectivity index (χ3v) is 5.22. The van der Waals surface area contributed by atoms with Gasteiger partial charge in [-0.2, -0.15) is 4.39 Å². The van der Waals surface area contributed by atoms with Crippen molar-refractivity contribution in [2.24, 2.45) is 0 Å². The van der Waals surface area contributed by atoms with Gasteiger partial charge in [0.15, 0.2) is 5.13 Å². The van der Waals surface area contributed by atoms with Crippen molar-refractivity contribution in [1.82, 2.24) is 0 Å². The van der Waals surface area contributed by atoms with Crippen LogP contribution >= 0.6 is 22.9 Å². The van der Waals surface area contributed by atoms with Crippen LogP contribution in [0.5, 0.6) is 0 Å². The van der Waals surface area contributed by atoms with Gasteiger partial charge < -0.3 is 0 Å². The van der Waals surface area contributed by atoms with Crippen molar-refractivity contribution in [3.05, 3.63) is 46.0 Å². The van der Waals surface area contributed by atoms with Crippen molar-refractivity contribution in [3.63, 3.8) is 0 Å². The first-order chi connectivity index (χ1) is 8.38. The zero-order valence-electron chi connectivity index (χ0n) is 9.28. The molecule has 7 heteroatoms. The molecule has 1 heterocycles. The van der Waals surface area contributed by atoms with E-state index in [1.807, 2.05) is 0 Å². The summed E-state index contributed by atoms with van der Waals surface area (Å²) in [4.78, 5) is 0. The fourth-order valence-electron chi connectivity index (χ4n) is 1.34. The van der Waals surface area contributed by atoms with E-state index in [-0.39, 0.29) is 4.21 Å². The summed E-state index contributed by atoms with van der Waals surface area (Å²) in [7, 11) is -3.76. The molecule has 0 saturated heterocycles. The van der Waals surface area contributed by atoms with E-state index in [1.54, 1.807) is 19.1 Å². The maximum absolute atomic E-state index is 12.8. The second-order valence-electron chi connectivity index (χ2n) is 3.62. The van der Waals surface area contributed by atoms with Crippen molar-refractivity contribution in [1.29, 1.82) is 0 Å². The first kappa shape index (κ1) is 13.3. The molecule has 1 N–H and O–H groups in total. The molecule has 96 valence electrons. The van der Waals surface area contributed by atoms with Crippen molar-refractivity contribution < 1.29 is 12.8 Å². The molecular weight excluding hydrogens is 297 g/mol. The minimum Gasteiger partial charge on any atom is -0.279 e. The minimum atomic E-state index is -3.76. The lowest BCUT2D eigenvalue weighted by molar-refractivity contribution is 0.603. The number of anilines is 1. The molecule has 0 saturated carbocycles. The summed E-state index contributed by atoms with van der Waals surface area (Å²) in [5.41, 5.74) is 1.12. The highest BCUT2D eigenvalue weighted by Crippen LogP contribution is 2.26. The molecule has 0 aliphatic rings. The number of hydrogen-bond donors (Lipinski definition) is 1. The van der Waals surface area contributed by atoms with Gasteiger partial charge in [0.05, 0.1) is 5.69 Å². The molecule has 0 amide bonds. The Balaban J connectivity index is 2.36. The average molecular weight is 306 g/mol. The minimum absolute atomic E-state index is 0.0700. The van der Waals surface area contributed by atoms with Gasteiger partial charge in [0.1, 0.15) is 4.21 Å². The third-order valence-electron chi connectivity index (χ3n) is 2.26. The first-order valence-electron chi connectivity index (χ1n) is 4.93. The van der Waals surface area contributed by atoms with E-state index in [0.29, 0.717) is 22.0 Å². The molecule has 0 fully saturated rings. The molecule has 0 atom stereocenters. The standard InChI is InChI=1S/C11H9ClFNO2S2/c1-7-2-3-8(12)6-9(7)14-18(15,16)11-5-4-10(13)17-11/h2-6,14H,1H3. The van der Waals surface area contributed by atoms with E-state index >= 15 is 0 Å². The predicted octanol–water partition coefficient (Wildman–Crippen LogP) is 3.65. The van der Waals surface area contributed by atoms with Crippen LogP contribution in [0.1, 0.15) is 5.56 Å². The second-order valence-corrected chi connectivity index (χ2v) is 7.00. The van der Waals surface area contributed by atoms with Gasteiger partial charge in [-0.1, -0.05) is 29.0 Å². The molecule has 0 aliphatic carbocycles. The van der Waals surface area contributed by atoms with Crippen molar-refractivity contribution >= 4 is 38.6 Å². The highest BCUT2D eigenvalue weighted by Gasteiger charge is 2.18. The fourth-order valence-corrected chi connectivity index (χ4v) is 3.64. The summed E-state index contributed by atoms with van der Waals surface area (Å²) in [6.45, 7) is 1.75. The van der Waals surface area contributed by atoms with Crippen molar-refractivity contribution in [2.45, 2.75) is 11.1 Å². The lowest BCUT2D eigenvalue weighted by Gasteiger charge is -2.09. The van der Waals surface area contributed by atoms with Crippen LogP contribution in [0.4, 0.5) is 10.1 Å². The number of thiophene rings is 1. The van der Waals surface area contributed by atoms with E-state index in [1.165, 1.54) is 12.1 Å². The summed E-state index contributed by atoms with van der Waals surface area (Å²) >= 11 is 6.38. The van der Waals surface area contributed by atoms with Crippen LogP contribution in [-0.4, -0.2) is 8.42 Å². The Morgan fingerprint density at radius 1 is 1.28 bits per heavy atom. The van der Waals surface area contributed by atoms with E-state index in [9.17, 15) is 12.8 Å². The molecule has 0 bridgehead atoms. The molecule has 1 aromatic carbocycles. The van der Waals surface area contributed by atoms with Crippen LogP contribution in [-0.2, 0) is 10.0 Å². The lowest BCUT2D eigenvalue weighted by Crippen LogP contribution is -2.12. The van der Waals surface area contributed by atoms with Gasteiger partial charge >= 0.3 is 0 Å². The molecule has 3 nitrogen and oxygen atoms in total. The highest BCUT2D eigenvalue weighted by molar-refractivity contribution is 7.94. The summed E-state index contributed by atoms with van der Waals surface area (Å²) in [5, 5.41) is -0.117. The lowest BCUT2D eigenvalue weighted by atomic mass is 10.2. The number of rotatable bonds is 3. The quantitative estimate of drug-likeness (QED) is 0.941. The normalized spacial score (nSPS) is 11.5. The van der Waals surface area contributed by atoms with Gasteiger partial charge in [-0.25, -0.2) is 8.42 Å². The largest absolute Gasteiger partial charge is 0.279 e. The molecule has 1 aromatic heterocycles. The Hall–Kier alpha value is -1.11. The molecule has 0 radical (unpaired) electrons. The number of nitrogens with one attached hydrogen (secondary N) is 1. The van der Waals surface area contributed by atoms with Crippen molar-refractivity contribution in [2.75, 3.05) is 4.72 Å². The van der Waals surface area contributed by atoms with Gasteiger partial charge in [-0.05, 0) is 36.8 Å². The Morgan fingerprint density at radius 2 is 2.00 bits per heavy atom. The summed E-state index contributed by atoms with van der Waals surface area (Å²) in [5.74, 6) is 0. The molecule has 0 spiro atoms. The summed E-state index contributed by atoms with van der Waals surface area (Å²) in [6, 6.07) is 7.22. The number of sulfonamides is 1. The molecule has 2 rings (SSSR count). The molecule has 0 aliphatic heterocycles. The van der Waals surface area contributed by atoms with Crippen molar-refractivity contribution in [3.8, 4) is 0 Å². The molecule has 2 aromatic rings. The predicted molar refractivity (Wildman–Crippen MR) is 71.3 cm³/mol. The summed E-state index contributed by atoms with van der Waals surface area (Å²) in [6.07, 6.45) is 0. The Morgan fingerprint density at radius 3 is 2.61 bits per heavy atom. The SMILES string of the molecule is Cc1ccc(Cl)cc1NS(=O)(=O)c1ccc(F)s1. The monoisotopic (exact) mass is 305 g/mol. The third kappa shape index (κ3) is 2.82. The topological polar surface area (TPSA) is 46.2 Å². The van der Waals surface area contributed by atoms with E-state index in [0.717, 1.165) is 11.6 Å². The van der Waals surface area contributed by atoms with Crippen LogP contribution in [0.2, 0.25) is 5.02 Å². The van der Waals surface area contributed by atoms with Crippen LogP contribution in [0, 0.1) is 12.1 Å². The van der Waals surface area contributed by atoms with Gasteiger partial charge in [0.25, 0.3) is 10.0 Å². The maximum Gasteiger partial charge on any atom is 0.271 e. The zero-order chi connectivity index (χ0) is 13.3. The Labute approximate surface area is 113 Å². The van der Waals surface area contributed by atoms with Crippen LogP contribution in [0.25, 0.3) is 0 Å². The molecular formula is C11H9ClFNO2S2. The highest BCUT2D eigenvalue weighted by atomic mass is 35.5. The van der Waals surface area contributed by atoms with Gasteiger partial charge in [-0.3, -0.25) is 4.72 Å². The smallest absolute Gasteiger partial charge is 0.271 e.